The van der Waals surface area contributed by atoms with Crippen LogP contribution in [0.25, 0.3) is 0 Å². The molecule has 1 rings (SSSR count). The Kier molecular flexibility index (Phi) is 6.49. The Balaban J connectivity index is 2.89. The highest BCUT2D eigenvalue weighted by atomic mass is 35.5. The lowest BCUT2D eigenvalue weighted by atomic mass is 9.95. The summed E-state index contributed by atoms with van der Waals surface area (Å²) in [5.74, 6) is 0.279. The highest BCUT2D eigenvalue weighted by Crippen LogP contribution is 2.31. The highest BCUT2D eigenvalue weighted by molar-refractivity contribution is 6.32. The van der Waals surface area contributed by atoms with Crippen LogP contribution in [-0.2, 0) is 16.0 Å². The van der Waals surface area contributed by atoms with Gasteiger partial charge in [-0.1, -0.05) is 30.7 Å². The fourth-order valence-corrected chi connectivity index (χ4v) is 2.14. The van der Waals surface area contributed by atoms with Crippen LogP contribution in [0.15, 0.2) is 18.2 Å². The first kappa shape index (κ1) is 17.8. The molecular formula is C16H24ClNO3. The van der Waals surface area contributed by atoms with Gasteiger partial charge in [-0.15, -0.1) is 0 Å². The number of benzene rings is 1. The predicted octanol–water partition coefficient (Wildman–Crippen LogP) is 3.20. The lowest BCUT2D eigenvalue weighted by Gasteiger charge is -2.23. The number of carbonyl (C=O) groups is 1. The molecule has 0 aliphatic rings. The maximum Gasteiger partial charge on any atom is 0.314 e. The largest absolute Gasteiger partial charge is 0.491 e. The van der Waals surface area contributed by atoms with Crippen LogP contribution in [-0.4, -0.2) is 25.7 Å². The number of para-hydroxylation sites is 1. The summed E-state index contributed by atoms with van der Waals surface area (Å²) in [7, 11) is 1.37. The zero-order valence-electron chi connectivity index (χ0n) is 13.1. The number of nitrogens with two attached hydrogens (primary N) is 1. The SMILES string of the molecule is CCC(N)Cc1cccc(Cl)c1OCC(C)(C)C(=O)OC. The van der Waals surface area contributed by atoms with E-state index in [0.29, 0.717) is 17.2 Å². The maximum absolute atomic E-state index is 11.7. The first-order valence-electron chi connectivity index (χ1n) is 7.06. The maximum atomic E-state index is 11.7. The van der Waals surface area contributed by atoms with Crippen molar-refractivity contribution in [3.63, 3.8) is 0 Å². The van der Waals surface area contributed by atoms with Gasteiger partial charge in [0.2, 0.25) is 0 Å². The fraction of sp³-hybridized carbons (Fsp3) is 0.562. The minimum absolute atomic E-state index is 0.0550. The van der Waals surface area contributed by atoms with Gasteiger partial charge in [-0.2, -0.15) is 0 Å². The minimum Gasteiger partial charge on any atom is -0.491 e. The zero-order valence-corrected chi connectivity index (χ0v) is 13.9. The van der Waals surface area contributed by atoms with Crippen LogP contribution in [0.5, 0.6) is 5.75 Å². The molecule has 0 spiro atoms. The lowest BCUT2D eigenvalue weighted by Crippen LogP contribution is -2.32. The third-order valence-electron chi connectivity index (χ3n) is 3.37. The van der Waals surface area contributed by atoms with Gasteiger partial charge in [-0.25, -0.2) is 0 Å². The number of carbonyl (C=O) groups excluding carboxylic acids is 1. The second-order valence-corrected chi connectivity index (χ2v) is 6.17. The normalized spacial score (nSPS) is 12.9. The summed E-state index contributed by atoms with van der Waals surface area (Å²) in [6, 6.07) is 5.64. The van der Waals surface area contributed by atoms with E-state index >= 15 is 0 Å². The summed E-state index contributed by atoms with van der Waals surface area (Å²) in [5, 5.41) is 0.525. The molecule has 0 radical (unpaired) electrons. The Labute approximate surface area is 131 Å². The van der Waals surface area contributed by atoms with E-state index in [4.69, 9.17) is 26.8 Å². The Morgan fingerprint density at radius 1 is 1.43 bits per heavy atom. The van der Waals surface area contributed by atoms with E-state index in [1.165, 1.54) is 7.11 Å². The van der Waals surface area contributed by atoms with E-state index in [1.54, 1.807) is 19.9 Å². The van der Waals surface area contributed by atoms with Crippen molar-refractivity contribution in [3.05, 3.63) is 28.8 Å². The molecule has 0 saturated heterocycles. The molecule has 21 heavy (non-hydrogen) atoms. The van der Waals surface area contributed by atoms with E-state index < -0.39 is 5.41 Å². The van der Waals surface area contributed by atoms with Crippen LogP contribution in [0.4, 0.5) is 0 Å². The van der Waals surface area contributed by atoms with Crippen LogP contribution in [0.2, 0.25) is 5.02 Å². The summed E-state index contributed by atoms with van der Waals surface area (Å²) in [6.07, 6.45) is 1.56. The van der Waals surface area contributed by atoms with Gasteiger partial charge < -0.3 is 15.2 Å². The number of hydrogen-bond donors (Lipinski definition) is 1. The summed E-state index contributed by atoms with van der Waals surface area (Å²) < 4.78 is 10.6. The summed E-state index contributed by atoms with van der Waals surface area (Å²) in [4.78, 5) is 11.7. The Morgan fingerprint density at radius 2 is 2.10 bits per heavy atom. The molecule has 1 aromatic carbocycles. The Bertz CT molecular complexity index is 488. The van der Waals surface area contributed by atoms with Gasteiger partial charge in [-0.3, -0.25) is 4.79 Å². The van der Waals surface area contributed by atoms with Crippen LogP contribution in [0, 0.1) is 5.41 Å². The molecule has 0 aliphatic heterocycles. The molecule has 5 heteroatoms. The van der Waals surface area contributed by atoms with Gasteiger partial charge in [-0.05, 0) is 38.3 Å². The number of halogens is 1. The van der Waals surface area contributed by atoms with Crippen molar-refractivity contribution in [1.29, 1.82) is 0 Å². The monoisotopic (exact) mass is 313 g/mol. The van der Waals surface area contributed by atoms with E-state index in [-0.39, 0.29) is 18.6 Å². The van der Waals surface area contributed by atoms with E-state index in [1.807, 2.05) is 19.1 Å². The second-order valence-electron chi connectivity index (χ2n) is 5.76. The minimum atomic E-state index is -0.738. The van der Waals surface area contributed by atoms with Crippen LogP contribution < -0.4 is 10.5 Å². The number of ether oxygens (including phenoxy) is 2. The number of hydrogen-bond acceptors (Lipinski definition) is 4. The molecule has 1 aromatic rings. The first-order chi connectivity index (χ1) is 9.81. The Hall–Kier alpha value is -1.26. The van der Waals surface area contributed by atoms with Gasteiger partial charge in [0.15, 0.2) is 0 Å². The highest BCUT2D eigenvalue weighted by Gasteiger charge is 2.30. The molecule has 1 unspecified atom stereocenters. The molecule has 1 atom stereocenters. The second kappa shape index (κ2) is 7.66. The number of esters is 1. The molecule has 2 N–H and O–H groups in total. The van der Waals surface area contributed by atoms with Crippen LogP contribution in [0.3, 0.4) is 0 Å². The van der Waals surface area contributed by atoms with Gasteiger partial charge in [0.05, 0.1) is 17.5 Å². The lowest BCUT2D eigenvalue weighted by molar-refractivity contribution is -0.152. The average molecular weight is 314 g/mol. The molecule has 0 bridgehead atoms. The Morgan fingerprint density at radius 3 is 2.67 bits per heavy atom. The topological polar surface area (TPSA) is 61.5 Å². The number of rotatable bonds is 7. The summed E-state index contributed by atoms with van der Waals surface area (Å²) >= 11 is 6.22. The third kappa shape index (κ3) is 4.90. The van der Waals surface area contributed by atoms with Crippen molar-refractivity contribution in [1.82, 2.24) is 0 Å². The molecular weight excluding hydrogens is 290 g/mol. The molecule has 118 valence electrons. The first-order valence-corrected chi connectivity index (χ1v) is 7.43. The third-order valence-corrected chi connectivity index (χ3v) is 3.67. The summed E-state index contributed by atoms with van der Waals surface area (Å²) in [5.41, 5.74) is 6.22. The quantitative estimate of drug-likeness (QED) is 0.785. The smallest absolute Gasteiger partial charge is 0.314 e. The van der Waals surface area contributed by atoms with Crippen molar-refractivity contribution in [2.24, 2.45) is 11.1 Å². The van der Waals surface area contributed by atoms with Gasteiger partial charge >= 0.3 is 5.97 Å². The molecule has 0 aromatic heterocycles. The van der Waals surface area contributed by atoms with Crippen molar-refractivity contribution < 1.29 is 14.3 Å². The fourth-order valence-electron chi connectivity index (χ4n) is 1.89. The van der Waals surface area contributed by atoms with E-state index in [9.17, 15) is 4.79 Å². The molecule has 0 saturated carbocycles. The van der Waals surface area contributed by atoms with Crippen molar-refractivity contribution in [2.75, 3.05) is 13.7 Å². The van der Waals surface area contributed by atoms with Crippen molar-refractivity contribution in [3.8, 4) is 5.75 Å². The molecule has 0 amide bonds. The van der Waals surface area contributed by atoms with Crippen molar-refractivity contribution >= 4 is 17.6 Å². The molecule has 0 aliphatic carbocycles. The van der Waals surface area contributed by atoms with Gasteiger partial charge in [0.25, 0.3) is 0 Å². The van der Waals surface area contributed by atoms with E-state index in [0.717, 1.165) is 12.0 Å². The van der Waals surface area contributed by atoms with Crippen LogP contribution in [0.1, 0.15) is 32.8 Å². The summed E-state index contributed by atoms with van der Waals surface area (Å²) in [6.45, 7) is 5.77. The average Bonchev–Trinajstić information content (AvgIpc) is 2.45. The van der Waals surface area contributed by atoms with Gasteiger partial charge in [0, 0.05) is 6.04 Å². The van der Waals surface area contributed by atoms with Crippen molar-refractivity contribution in [2.45, 2.75) is 39.7 Å². The molecule has 0 heterocycles. The molecule has 0 fully saturated rings. The number of methoxy groups -OCH3 is 1. The standard InChI is InChI=1S/C16H24ClNO3/c1-5-12(18)9-11-7-6-8-13(17)14(11)21-10-16(2,3)15(19)20-4/h6-8,12H,5,9-10,18H2,1-4H3. The zero-order chi connectivity index (χ0) is 16.0. The van der Waals surface area contributed by atoms with Crippen LogP contribution >= 0.6 is 11.6 Å². The molecule has 4 nitrogen and oxygen atoms in total. The van der Waals surface area contributed by atoms with E-state index in [2.05, 4.69) is 0 Å². The van der Waals surface area contributed by atoms with Gasteiger partial charge in [0.1, 0.15) is 12.4 Å². The predicted molar refractivity (Wildman–Crippen MR) is 84.7 cm³/mol.